The van der Waals surface area contributed by atoms with Crippen LogP contribution in [0, 0.1) is 0 Å². The Balaban J connectivity index is 1.71. The molecular weight excluding hydrogens is 388 g/mol. The average molecular weight is 411 g/mol. The fraction of sp³-hybridized carbons (Fsp3) is 0.389. The number of aromatic nitrogens is 2. The zero-order valence-corrected chi connectivity index (χ0v) is 17.2. The quantitative estimate of drug-likeness (QED) is 0.222. The van der Waals surface area contributed by atoms with Crippen LogP contribution in [0.3, 0.4) is 0 Å². The highest BCUT2D eigenvalue weighted by atomic mass is 33.1. The zero-order valence-electron chi connectivity index (χ0n) is 14.0. The third kappa shape index (κ3) is 9.58. The number of pyridine rings is 2. The van der Waals surface area contributed by atoms with E-state index in [1.165, 1.54) is 0 Å². The summed E-state index contributed by atoms with van der Waals surface area (Å²) in [6.45, 7) is 0. The molecule has 134 valence electrons. The van der Waals surface area contributed by atoms with E-state index in [2.05, 4.69) is 9.97 Å². The molecule has 0 fully saturated rings. The van der Waals surface area contributed by atoms with Crippen molar-refractivity contribution in [3.05, 3.63) is 48.8 Å². The van der Waals surface area contributed by atoms with Crippen LogP contribution in [0.5, 0.6) is 0 Å². The first kappa shape index (κ1) is 20.7. The standard InChI is InChI=1S/C18H22N2OS4/c21-14-7-1-2-8-16(23-25-18-10-4-6-13-20-18)11-15-22-24-17-9-3-5-12-19-17/h3-6,9-10,12-14,16H,1-2,7-8,11,15H2. The fourth-order valence-electron chi connectivity index (χ4n) is 2.03. The molecule has 1 unspecified atom stereocenters. The van der Waals surface area contributed by atoms with Gasteiger partial charge in [0, 0.05) is 29.8 Å². The summed E-state index contributed by atoms with van der Waals surface area (Å²) in [6.07, 6.45) is 9.75. The third-order valence-electron chi connectivity index (χ3n) is 3.31. The Morgan fingerprint density at radius 3 is 2.28 bits per heavy atom. The molecule has 0 aromatic carbocycles. The van der Waals surface area contributed by atoms with Crippen LogP contribution in [-0.2, 0) is 4.79 Å². The molecule has 0 amide bonds. The maximum atomic E-state index is 10.5. The van der Waals surface area contributed by atoms with Crippen LogP contribution in [0.25, 0.3) is 0 Å². The van der Waals surface area contributed by atoms with Gasteiger partial charge in [-0.3, -0.25) is 0 Å². The van der Waals surface area contributed by atoms with Gasteiger partial charge in [-0.2, -0.15) is 0 Å². The minimum atomic E-state index is 0.579. The lowest BCUT2D eigenvalue weighted by molar-refractivity contribution is -0.107. The van der Waals surface area contributed by atoms with Crippen molar-refractivity contribution in [2.24, 2.45) is 0 Å². The first-order valence-corrected chi connectivity index (χ1v) is 12.8. The molecule has 1 atom stereocenters. The Bertz CT molecular complexity index is 586. The molecule has 0 aliphatic rings. The molecular formula is C18H22N2OS4. The normalized spacial score (nSPS) is 12.0. The number of hydrogen-bond acceptors (Lipinski definition) is 7. The summed E-state index contributed by atoms with van der Waals surface area (Å²) < 4.78 is 0. The van der Waals surface area contributed by atoms with Crippen molar-refractivity contribution >= 4 is 49.5 Å². The number of aldehydes is 1. The second kappa shape index (κ2) is 13.6. The van der Waals surface area contributed by atoms with E-state index in [9.17, 15) is 4.79 Å². The summed E-state index contributed by atoms with van der Waals surface area (Å²) in [6, 6.07) is 12.0. The maximum absolute atomic E-state index is 10.5. The lowest BCUT2D eigenvalue weighted by Gasteiger charge is -2.15. The van der Waals surface area contributed by atoms with Crippen molar-refractivity contribution in [1.29, 1.82) is 0 Å². The van der Waals surface area contributed by atoms with E-state index in [1.54, 1.807) is 21.6 Å². The van der Waals surface area contributed by atoms with Gasteiger partial charge in [-0.25, -0.2) is 9.97 Å². The van der Waals surface area contributed by atoms with E-state index in [0.29, 0.717) is 11.7 Å². The van der Waals surface area contributed by atoms with Gasteiger partial charge in [0.15, 0.2) is 0 Å². The molecule has 0 aliphatic heterocycles. The maximum Gasteiger partial charge on any atom is 0.119 e. The van der Waals surface area contributed by atoms with Crippen molar-refractivity contribution in [2.75, 3.05) is 5.75 Å². The molecule has 2 aromatic heterocycles. The minimum absolute atomic E-state index is 0.579. The van der Waals surface area contributed by atoms with Gasteiger partial charge in [0.1, 0.15) is 16.3 Å². The van der Waals surface area contributed by atoms with E-state index in [-0.39, 0.29) is 0 Å². The molecule has 0 aliphatic carbocycles. The highest BCUT2D eigenvalue weighted by Gasteiger charge is 2.11. The molecule has 0 N–H and O–H groups in total. The predicted octanol–water partition coefficient (Wildman–Crippen LogP) is 6.18. The van der Waals surface area contributed by atoms with Crippen molar-refractivity contribution in [3.63, 3.8) is 0 Å². The predicted molar refractivity (Wildman–Crippen MR) is 113 cm³/mol. The van der Waals surface area contributed by atoms with E-state index >= 15 is 0 Å². The molecule has 25 heavy (non-hydrogen) atoms. The molecule has 2 rings (SSSR count). The number of carbonyl (C=O) groups is 1. The molecule has 2 aromatic rings. The molecule has 0 radical (unpaired) electrons. The highest BCUT2D eigenvalue weighted by Crippen LogP contribution is 2.38. The number of carbonyl (C=O) groups excluding carboxylic acids is 1. The topological polar surface area (TPSA) is 42.9 Å². The van der Waals surface area contributed by atoms with Crippen molar-refractivity contribution in [2.45, 2.75) is 47.4 Å². The van der Waals surface area contributed by atoms with Gasteiger partial charge < -0.3 is 4.79 Å². The number of unbranched alkanes of at least 4 members (excludes halogenated alkanes) is 2. The molecule has 3 nitrogen and oxygen atoms in total. The smallest absolute Gasteiger partial charge is 0.119 e. The van der Waals surface area contributed by atoms with Gasteiger partial charge >= 0.3 is 0 Å². The van der Waals surface area contributed by atoms with Gasteiger partial charge in [-0.1, -0.05) is 40.1 Å². The van der Waals surface area contributed by atoms with Crippen molar-refractivity contribution < 1.29 is 4.79 Å². The molecule has 0 saturated carbocycles. The summed E-state index contributed by atoms with van der Waals surface area (Å²) in [4.78, 5) is 19.2. The molecule has 0 saturated heterocycles. The molecule has 0 bridgehead atoms. The third-order valence-corrected chi connectivity index (χ3v) is 8.48. The Morgan fingerprint density at radius 1 is 0.920 bits per heavy atom. The van der Waals surface area contributed by atoms with Crippen LogP contribution >= 0.6 is 43.2 Å². The van der Waals surface area contributed by atoms with Crippen LogP contribution < -0.4 is 0 Å². The van der Waals surface area contributed by atoms with E-state index in [1.807, 2.05) is 70.4 Å². The Labute approximate surface area is 165 Å². The Kier molecular flexibility index (Phi) is 11.2. The number of rotatable bonds is 13. The van der Waals surface area contributed by atoms with Crippen LogP contribution in [0.2, 0.25) is 0 Å². The lowest BCUT2D eigenvalue weighted by atomic mass is 10.1. The molecule has 0 spiro atoms. The average Bonchev–Trinajstić information content (AvgIpc) is 2.67. The minimum Gasteiger partial charge on any atom is -0.303 e. The number of nitrogens with zero attached hydrogens (tertiary/aromatic N) is 2. The van der Waals surface area contributed by atoms with Gasteiger partial charge in [-0.15, -0.1) is 0 Å². The summed E-state index contributed by atoms with van der Waals surface area (Å²) in [5, 5.41) is 2.70. The van der Waals surface area contributed by atoms with E-state index in [0.717, 1.165) is 47.8 Å². The van der Waals surface area contributed by atoms with Gasteiger partial charge in [0.05, 0.1) is 0 Å². The summed E-state index contributed by atoms with van der Waals surface area (Å²) >= 11 is 0. The van der Waals surface area contributed by atoms with E-state index in [4.69, 9.17) is 0 Å². The largest absolute Gasteiger partial charge is 0.303 e. The monoisotopic (exact) mass is 410 g/mol. The Morgan fingerprint density at radius 2 is 1.64 bits per heavy atom. The number of hydrogen-bond donors (Lipinski definition) is 0. The first-order chi connectivity index (χ1) is 12.4. The second-order valence-corrected chi connectivity index (χ2v) is 10.2. The van der Waals surface area contributed by atoms with Crippen LogP contribution in [-0.4, -0.2) is 27.3 Å². The Hall–Kier alpha value is -0.630. The van der Waals surface area contributed by atoms with Crippen molar-refractivity contribution in [1.82, 2.24) is 9.97 Å². The van der Waals surface area contributed by atoms with E-state index < -0.39 is 0 Å². The molecule has 7 heteroatoms. The second-order valence-electron chi connectivity index (χ2n) is 5.28. The zero-order chi connectivity index (χ0) is 17.6. The van der Waals surface area contributed by atoms with Gasteiger partial charge in [0.2, 0.25) is 0 Å². The summed E-state index contributed by atoms with van der Waals surface area (Å²) in [5.41, 5.74) is 0. The molecule has 2 heterocycles. The first-order valence-electron chi connectivity index (χ1n) is 8.27. The summed E-state index contributed by atoms with van der Waals surface area (Å²) in [5.74, 6) is 1.09. The van der Waals surface area contributed by atoms with Gasteiger partial charge in [0.25, 0.3) is 0 Å². The lowest BCUT2D eigenvalue weighted by Crippen LogP contribution is -2.03. The fourth-order valence-corrected chi connectivity index (χ4v) is 6.73. The van der Waals surface area contributed by atoms with Gasteiger partial charge in [-0.05, 0) is 65.1 Å². The van der Waals surface area contributed by atoms with Crippen LogP contribution in [0.1, 0.15) is 32.1 Å². The summed E-state index contributed by atoms with van der Waals surface area (Å²) in [7, 11) is 7.26. The van der Waals surface area contributed by atoms with Crippen molar-refractivity contribution in [3.8, 4) is 0 Å². The van der Waals surface area contributed by atoms with Crippen LogP contribution in [0.15, 0.2) is 58.8 Å². The van der Waals surface area contributed by atoms with Crippen LogP contribution in [0.4, 0.5) is 0 Å². The highest BCUT2D eigenvalue weighted by molar-refractivity contribution is 8.77. The SMILES string of the molecule is O=CCCCCC(CCSSc1ccccn1)SSc1ccccn1.